The van der Waals surface area contributed by atoms with Crippen LogP contribution in [0.15, 0.2) is 59.1 Å². The van der Waals surface area contributed by atoms with Crippen LogP contribution in [0.4, 0.5) is 11.4 Å². The largest absolute Gasteiger partial charge is 0.356 e. The molecule has 0 unspecified atom stereocenters. The Morgan fingerprint density at radius 1 is 1.10 bits per heavy atom. The van der Waals surface area contributed by atoms with Crippen molar-refractivity contribution in [1.29, 1.82) is 0 Å². The fraction of sp³-hybridized carbons (Fsp3) is 0.261. The number of carbonyl (C=O) groups excluding carboxylic acids is 2. The number of hydrogen-bond donors (Lipinski definition) is 1. The number of carbonyl (C=O) groups is 2. The van der Waals surface area contributed by atoms with Crippen LogP contribution in [0.2, 0.25) is 0 Å². The Labute approximate surface area is 168 Å². The van der Waals surface area contributed by atoms with Crippen molar-refractivity contribution in [3.8, 4) is 11.3 Å². The summed E-state index contributed by atoms with van der Waals surface area (Å²) in [6, 6.07) is 17.2. The smallest absolute Gasteiger partial charge is 0.230 e. The Morgan fingerprint density at radius 3 is 2.72 bits per heavy atom. The van der Waals surface area contributed by atoms with Gasteiger partial charge in [0.15, 0.2) is 5.76 Å². The number of anilines is 2. The highest BCUT2D eigenvalue weighted by atomic mass is 16.5. The quantitative estimate of drug-likeness (QED) is 0.722. The number of amides is 2. The Morgan fingerprint density at radius 2 is 1.93 bits per heavy atom. The first-order valence-electron chi connectivity index (χ1n) is 9.92. The topological polar surface area (TPSA) is 75.4 Å². The molecule has 146 valence electrons. The van der Waals surface area contributed by atoms with Gasteiger partial charge in [0, 0.05) is 35.5 Å². The summed E-state index contributed by atoms with van der Waals surface area (Å²) in [5.41, 5.74) is 4.27. The van der Waals surface area contributed by atoms with E-state index in [1.165, 1.54) is 0 Å². The van der Waals surface area contributed by atoms with Crippen LogP contribution in [0.1, 0.15) is 24.1 Å². The van der Waals surface area contributed by atoms with E-state index >= 15 is 0 Å². The van der Waals surface area contributed by atoms with E-state index in [-0.39, 0.29) is 24.2 Å². The standard InChI is InChI=1S/C23H21N3O3/c27-22(14-19-13-21(29-25-19)16-4-2-1-3-5-16)24-18-9-8-15-10-11-26(20(15)12-18)23(28)17-6-7-17/h1-5,8-9,12-13,17H,6-7,10-11,14H2,(H,24,27). The first-order valence-corrected chi connectivity index (χ1v) is 9.92. The lowest BCUT2D eigenvalue weighted by molar-refractivity contribution is -0.119. The van der Waals surface area contributed by atoms with Crippen LogP contribution in [0.3, 0.4) is 0 Å². The second-order valence-electron chi connectivity index (χ2n) is 7.63. The van der Waals surface area contributed by atoms with Crippen LogP contribution >= 0.6 is 0 Å². The van der Waals surface area contributed by atoms with Crippen LogP contribution in [-0.4, -0.2) is 23.5 Å². The second kappa shape index (κ2) is 7.20. The summed E-state index contributed by atoms with van der Waals surface area (Å²) in [5, 5.41) is 6.92. The van der Waals surface area contributed by atoms with Gasteiger partial charge in [0.1, 0.15) is 0 Å². The molecule has 0 atom stereocenters. The molecule has 1 fully saturated rings. The van der Waals surface area contributed by atoms with E-state index < -0.39 is 0 Å². The third-order valence-electron chi connectivity index (χ3n) is 5.42. The van der Waals surface area contributed by atoms with E-state index in [1.54, 1.807) is 6.07 Å². The Hall–Kier alpha value is -3.41. The third kappa shape index (κ3) is 3.66. The summed E-state index contributed by atoms with van der Waals surface area (Å²) < 4.78 is 5.36. The molecule has 1 aliphatic heterocycles. The van der Waals surface area contributed by atoms with Crippen molar-refractivity contribution in [2.45, 2.75) is 25.7 Å². The molecule has 29 heavy (non-hydrogen) atoms. The lowest BCUT2D eigenvalue weighted by Crippen LogP contribution is -2.30. The summed E-state index contributed by atoms with van der Waals surface area (Å²) in [5.74, 6) is 0.865. The average molecular weight is 387 g/mol. The highest BCUT2D eigenvalue weighted by molar-refractivity contribution is 5.99. The molecular weight excluding hydrogens is 366 g/mol. The van der Waals surface area contributed by atoms with Gasteiger partial charge in [0.25, 0.3) is 0 Å². The van der Waals surface area contributed by atoms with Crippen molar-refractivity contribution < 1.29 is 14.1 Å². The first-order chi connectivity index (χ1) is 14.2. The summed E-state index contributed by atoms with van der Waals surface area (Å²) in [4.78, 5) is 26.8. The van der Waals surface area contributed by atoms with E-state index in [9.17, 15) is 9.59 Å². The number of fused-ring (bicyclic) bond motifs is 1. The maximum atomic E-state index is 12.5. The normalized spacial score (nSPS) is 15.2. The maximum Gasteiger partial charge on any atom is 0.230 e. The van der Waals surface area contributed by atoms with Gasteiger partial charge in [-0.25, -0.2) is 0 Å². The zero-order valence-electron chi connectivity index (χ0n) is 15.9. The molecule has 2 aromatic carbocycles. The predicted molar refractivity (Wildman–Crippen MR) is 109 cm³/mol. The highest BCUT2D eigenvalue weighted by Crippen LogP contribution is 2.37. The second-order valence-corrected chi connectivity index (χ2v) is 7.63. The van der Waals surface area contributed by atoms with Crippen molar-refractivity contribution >= 4 is 23.2 Å². The van der Waals surface area contributed by atoms with E-state index in [4.69, 9.17) is 4.52 Å². The molecule has 0 bridgehead atoms. The zero-order valence-corrected chi connectivity index (χ0v) is 15.9. The molecule has 6 nitrogen and oxygen atoms in total. The van der Waals surface area contributed by atoms with Crippen LogP contribution in [-0.2, 0) is 22.4 Å². The molecule has 1 N–H and O–H groups in total. The van der Waals surface area contributed by atoms with Gasteiger partial charge in [-0.05, 0) is 37.0 Å². The number of hydrogen-bond acceptors (Lipinski definition) is 4. The molecule has 2 heterocycles. The summed E-state index contributed by atoms with van der Waals surface area (Å²) in [7, 11) is 0. The minimum Gasteiger partial charge on any atom is -0.356 e. The number of aromatic nitrogens is 1. The fourth-order valence-corrected chi connectivity index (χ4v) is 3.74. The molecule has 1 aromatic heterocycles. The molecule has 0 saturated heterocycles. The lowest BCUT2D eigenvalue weighted by atomic mass is 10.1. The zero-order chi connectivity index (χ0) is 19.8. The van der Waals surface area contributed by atoms with Crippen molar-refractivity contribution in [3.63, 3.8) is 0 Å². The third-order valence-corrected chi connectivity index (χ3v) is 5.42. The molecule has 1 aliphatic carbocycles. The van der Waals surface area contributed by atoms with Crippen molar-refractivity contribution in [1.82, 2.24) is 5.16 Å². The predicted octanol–water partition coefficient (Wildman–Crippen LogP) is 3.82. The number of rotatable bonds is 5. The van der Waals surface area contributed by atoms with Gasteiger partial charge < -0.3 is 14.7 Å². The number of nitrogens with one attached hydrogen (secondary N) is 1. The number of nitrogens with zero attached hydrogens (tertiary/aromatic N) is 2. The molecule has 3 aromatic rings. The van der Waals surface area contributed by atoms with Gasteiger partial charge in [0.2, 0.25) is 11.8 Å². The molecular formula is C23H21N3O3. The monoisotopic (exact) mass is 387 g/mol. The van der Waals surface area contributed by atoms with Crippen LogP contribution in [0.25, 0.3) is 11.3 Å². The molecule has 2 amide bonds. The summed E-state index contributed by atoms with van der Waals surface area (Å²) in [6.45, 7) is 0.725. The maximum absolute atomic E-state index is 12.5. The Bertz CT molecular complexity index is 1070. The van der Waals surface area contributed by atoms with E-state index in [2.05, 4.69) is 10.5 Å². The Kier molecular flexibility index (Phi) is 4.39. The van der Waals surface area contributed by atoms with Crippen LogP contribution < -0.4 is 10.2 Å². The van der Waals surface area contributed by atoms with Crippen molar-refractivity contribution in [3.05, 3.63) is 65.9 Å². The number of benzene rings is 2. The highest BCUT2D eigenvalue weighted by Gasteiger charge is 2.36. The van der Waals surface area contributed by atoms with Crippen LogP contribution in [0, 0.1) is 5.92 Å². The van der Waals surface area contributed by atoms with Gasteiger partial charge >= 0.3 is 0 Å². The molecule has 1 saturated carbocycles. The Balaban J connectivity index is 1.26. The van der Waals surface area contributed by atoms with E-state index in [0.717, 1.165) is 42.6 Å². The molecule has 0 spiro atoms. The minimum absolute atomic E-state index is 0.123. The van der Waals surface area contributed by atoms with E-state index in [0.29, 0.717) is 17.1 Å². The lowest BCUT2D eigenvalue weighted by Gasteiger charge is -2.18. The molecule has 2 aliphatic rings. The summed E-state index contributed by atoms with van der Waals surface area (Å²) in [6.07, 6.45) is 2.97. The van der Waals surface area contributed by atoms with Gasteiger partial charge in [-0.1, -0.05) is 41.6 Å². The van der Waals surface area contributed by atoms with Gasteiger partial charge in [-0.2, -0.15) is 0 Å². The van der Waals surface area contributed by atoms with Gasteiger partial charge in [-0.3, -0.25) is 9.59 Å². The van der Waals surface area contributed by atoms with E-state index in [1.807, 2.05) is 53.4 Å². The van der Waals surface area contributed by atoms with Gasteiger partial charge in [-0.15, -0.1) is 0 Å². The van der Waals surface area contributed by atoms with Crippen LogP contribution in [0.5, 0.6) is 0 Å². The summed E-state index contributed by atoms with van der Waals surface area (Å²) >= 11 is 0. The van der Waals surface area contributed by atoms with Crippen molar-refractivity contribution in [2.24, 2.45) is 5.92 Å². The molecule has 5 rings (SSSR count). The molecule has 0 radical (unpaired) electrons. The average Bonchev–Trinajstić information content (AvgIpc) is 3.35. The SMILES string of the molecule is O=C(Cc1cc(-c2ccccc2)on1)Nc1ccc2c(c1)N(C(=O)C1CC1)CC2. The molecule has 6 heteroatoms. The van der Waals surface area contributed by atoms with Crippen molar-refractivity contribution in [2.75, 3.05) is 16.8 Å². The fourth-order valence-electron chi connectivity index (χ4n) is 3.74. The minimum atomic E-state index is -0.170. The van der Waals surface area contributed by atoms with Gasteiger partial charge in [0.05, 0.1) is 12.1 Å². The first kappa shape index (κ1) is 17.7.